The van der Waals surface area contributed by atoms with Gasteiger partial charge in [0.25, 0.3) is 0 Å². The smallest absolute Gasteiger partial charge is 0.0406 e. The average molecular weight is 411 g/mol. The van der Waals surface area contributed by atoms with Crippen molar-refractivity contribution in [1.29, 1.82) is 0 Å². The summed E-state index contributed by atoms with van der Waals surface area (Å²) in [6.07, 6.45) is 3.20. The summed E-state index contributed by atoms with van der Waals surface area (Å²) in [6, 6.07) is 36.8. The van der Waals surface area contributed by atoms with Crippen molar-refractivity contribution in [1.82, 2.24) is 0 Å². The van der Waals surface area contributed by atoms with Crippen LogP contribution in [0.2, 0.25) is 5.02 Å². The monoisotopic (exact) mass is 410 g/mol. The number of rotatable bonds is 7. The van der Waals surface area contributed by atoms with Gasteiger partial charge in [-0.15, -0.1) is 0 Å². The summed E-state index contributed by atoms with van der Waals surface area (Å²) < 4.78 is 0. The molecule has 4 aromatic rings. The van der Waals surface area contributed by atoms with Gasteiger partial charge in [0, 0.05) is 5.02 Å². The Morgan fingerprint density at radius 1 is 0.567 bits per heavy atom. The third kappa shape index (κ3) is 5.40. The van der Waals surface area contributed by atoms with Crippen LogP contribution in [0.1, 0.15) is 35.1 Å². The minimum absolute atomic E-state index is 0.538. The standard InChI is InChI=1S/C29H27Cl/c1-22(26-5-3-2-4-6-26)21-25-11-9-23(10-12-25)7-8-24-13-15-27(16-14-24)28-17-19-29(30)20-18-28/h2-6,9-20,22H,7-8,21H2,1H3. The zero-order valence-electron chi connectivity index (χ0n) is 17.4. The Labute approximate surface area is 185 Å². The lowest BCUT2D eigenvalue weighted by molar-refractivity contribution is 0.758. The molecule has 0 saturated heterocycles. The van der Waals surface area contributed by atoms with E-state index in [4.69, 9.17) is 11.6 Å². The van der Waals surface area contributed by atoms with Crippen LogP contribution in [0.25, 0.3) is 11.1 Å². The maximum absolute atomic E-state index is 5.99. The molecule has 0 aliphatic heterocycles. The Balaban J connectivity index is 1.32. The summed E-state index contributed by atoms with van der Waals surface area (Å²) in [5.74, 6) is 0.538. The fourth-order valence-corrected chi connectivity index (χ4v) is 4.02. The van der Waals surface area contributed by atoms with Gasteiger partial charge in [-0.2, -0.15) is 0 Å². The first-order chi connectivity index (χ1) is 14.7. The second kappa shape index (κ2) is 9.78. The molecule has 0 fully saturated rings. The van der Waals surface area contributed by atoms with Crippen molar-refractivity contribution in [3.05, 3.63) is 130 Å². The van der Waals surface area contributed by atoms with E-state index in [1.54, 1.807) is 0 Å². The molecule has 0 saturated carbocycles. The number of hydrogen-bond donors (Lipinski definition) is 0. The van der Waals surface area contributed by atoms with Crippen molar-refractivity contribution < 1.29 is 0 Å². The van der Waals surface area contributed by atoms with Crippen molar-refractivity contribution in [2.75, 3.05) is 0 Å². The number of benzene rings is 4. The highest BCUT2D eigenvalue weighted by atomic mass is 35.5. The Kier molecular flexibility index (Phi) is 6.67. The number of aryl methyl sites for hydroxylation is 2. The molecule has 0 aliphatic carbocycles. The summed E-state index contributed by atoms with van der Waals surface area (Å²) in [5.41, 5.74) is 8.01. The zero-order chi connectivity index (χ0) is 20.8. The van der Waals surface area contributed by atoms with Crippen molar-refractivity contribution in [2.45, 2.75) is 32.1 Å². The molecule has 30 heavy (non-hydrogen) atoms. The Morgan fingerprint density at radius 3 is 1.60 bits per heavy atom. The second-order valence-electron chi connectivity index (χ2n) is 8.04. The second-order valence-corrected chi connectivity index (χ2v) is 8.47. The minimum atomic E-state index is 0.538. The molecule has 0 N–H and O–H groups in total. The van der Waals surface area contributed by atoms with Gasteiger partial charge in [-0.1, -0.05) is 110 Å². The first-order valence-electron chi connectivity index (χ1n) is 10.6. The van der Waals surface area contributed by atoms with Crippen LogP contribution in [0, 0.1) is 0 Å². The Bertz CT molecular complexity index is 1050. The molecule has 150 valence electrons. The predicted octanol–water partition coefficient (Wildman–Crippen LogP) is 8.14. The zero-order valence-corrected chi connectivity index (χ0v) is 18.1. The Hall–Kier alpha value is -2.83. The average Bonchev–Trinajstić information content (AvgIpc) is 2.80. The fourth-order valence-electron chi connectivity index (χ4n) is 3.89. The summed E-state index contributed by atoms with van der Waals surface area (Å²) >= 11 is 5.99. The molecule has 4 aromatic carbocycles. The molecule has 1 unspecified atom stereocenters. The van der Waals surface area contributed by atoms with Gasteiger partial charge in [-0.05, 0) is 70.7 Å². The number of halogens is 1. The van der Waals surface area contributed by atoms with Crippen LogP contribution in [-0.2, 0) is 19.3 Å². The molecule has 0 amide bonds. The predicted molar refractivity (Wildman–Crippen MR) is 129 cm³/mol. The van der Waals surface area contributed by atoms with E-state index in [0.29, 0.717) is 5.92 Å². The maximum atomic E-state index is 5.99. The molecule has 0 aliphatic rings. The van der Waals surface area contributed by atoms with E-state index < -0.39 is 0 Å². The van der Waals surface area contributed by atoms with Crippen molar-refractivity contribution in [3.63, 3.8) is 0 Å². The van der Waals surface area contributed by atoms with E-state index >= 15 is 0 Å². The van der Waals surface area contributed by atoms with Gasteiger partial charge in [0.2, 0.25) is 0 Å². The molecule has 0 bridgehead atoms. The van der Waals surface area contributed by atoms with E-state index in [9.17, 15) is 0 Å². The van der Waals surface area contributed by atoms with Gasteiger partial charge in [-0.25, -0.2) is 0 Å². The van der Waals surface area contributed by atoms with Crippen LogP contribution >= 0.6 is 11.6 Å². The number of hydrogen-bond acceptors (Lipinski definition) is 0. The lowest BCUT2D eigenvalue weighted by atomic mass is 9.93. The molecule has 0 heterocycles. The molecule has 4 rings (SSSR count). The first kappa shape index (κ1) is 20.4. The highest BCUT2D eigenvalue weighted by molar-refractivity contribution is 6.30. The third-order valence-electron chi connectivity index (χ3n) is 5.77. The molecule has 1 heteroatoms. The van der Waals surface area contributed by atoms with Gasteiger partial charge in [0.1, 0.15) is 0 Å². The molecule has 0 aromatic heterocycles. The Morgan fingerprint density at radius 2 is 1.03 bits per heavy atom. The van der Waals surface area contributed by atoms with Crippen molar-refractivity contribution in [2.24, 2.45) is 0 Å². The summed E-state index contributed by atoms with van der Waals surface area (Å²) in [7, 11) is 0. The molecule has 1 atom stereocenters. The normalized spacial score (nSPS) is 11.9. The largest absolute Gasteiger partial charge is 0.0843 e. The van der Waals surface area contributed by atoms with Gasteiger partial charge >= 0.3 is 0 Å². The topological polar surface area (TPSA) is 0 Å². The summed E-state index contributed by atoms with van der Waals surface area (Å²) in [5, 5.41) is 0.774. The van der Waals surface area contributed by atoms with E-state index in [1.807, 2.05) is 12.1 Å². The third-order valence-corrected chi connectivity index (χ3v) is 6.02. The van der Waals surface area contributed by atoms with E-state index in [-0.39, 0.29) is 0 Å². The molecule has 0 nitrogen and oxygen atoms in total. The quantitative estimate of drug-likeness (QED) is 0.288. The SMILES string of the molecule is CC(Cc1ccc(CCc2ccc(-c3ccc(Cl)cc3)cc2)cc1)c1ccccc1. The lowest BCUT2D eigenvalue weighted by Gasteiger charge is -2.12. The fraction of sp³-hybridized carbons (Fsp3) is 0.172. The summed E-state index contributed by atoms with van der Waals surface area (Å²) in [6.45, 7) is 2.30. The van der Waals surface area contributed by atoms with Crippen LogP contribution in [0.5, 0.6) is 0 Å². The lowest BCUT2D eigenvalue weighted by Crippen LogP contribution is -1.99. The maximum Gasteiger partial charge on any atom is 0.0406 e. The van der Waals surface area contributed by atoms with Crippen LogP contribution in [0.4, 0.5) is 0 Å². The highest BCUT2D eigenvalue weighted by Gasteiger charge is 2.06. The molecular formula is C29H27Cl. The molecule has 0 radical (unpaired) electrons. The summed E-state index contributed by atoms with van der Waals surface area (Å²) in [4.78, 5) is 0. The van der Waals surface area contributed by atoms with Crippen LogP contribution < -0.4 is 0 Å². The van der Waals surface area contributed by atoms with E-state index in [0.717, 1.165) is 24.3 Å². The van der Waals surface area contributed by atoms with Gasteiger partial charge in [0.15, 0.2) is 0 Å². The van der Waals surface area contributed by atoms with Gasteiger partial charge in [0.05, 0.1) is 0 Å². The van der Waals surface area contributed by atoms with Gasteiger partial charge < -0.3 is 0 Å². The minimum Gasteiger partial charge on any atom is -0.0843 e. The van der Waals surface area contributed by atoms with Crippen LogP contribution in [0.15, 0.2) is 103 Å². The van der Waals surface area contributed by atoms with Crippen molar-refractivity contribution >= 4 is 11.6 Å². The van der Waals surface area contributed by atoms with Crippen LogP contribution in [0.3, 0.4) is 0 Å². The van der Waals surface area contributed by atoms with Gasteiger partial charge in [-0.3, -0.25) is 0 Å². The van der Waals surface area contributed by atoms with Crippen LogP contribution in [-0.4, -0.2) is 0 Å². The first-order valence-corrected chi connectivity index (χ1v) is 11.0. The van der Waals surface area contributed by atoms with E-state index in [1.165, 1.54) is 33.4 Å². The highest BCUT2D eigenvalue weighted by Crippen LogP contribution is 2.23. The van der Waals surface area contributed by atoms with E-state index in [2.05, 4.69) is 97.9 Å². The van der Waals surface area contributed by atoms with Crippen molar-refractivity contribution in [3.8, 4) is 11.1 Å². The molecule has 0 spiro atoms. The molecular weight excluding hydrogens is 384 g/mol.